The third-order valence-corrected chi connectivity index (χ3v) is 3.43. The summed E-state index contributed by atoms with van der Waals surface area (Å²) in [6.45, 7) is 0. The van der Waals surface area contributed by atoms with Crippen molar-refractivity contribution in [2.45, 2.75) is 31.7 Å². The van der Waals surface area contributed by atoms with E-state index in [4.69, 9.17) is 9.47 Å². The Labute approximate surface area is 112 Å². The number of methoxy groups -OCH3 is 2. The number of carbonyl (C=O) groups excluding carboxylic acids is 1. The number of nitrogens with one attached hydrogen (secondary N) is 1. The molecule has 1 amide bonds. The molecule has 0 spiro atoms. The average Bonchev–Trinajstić information content (AvgIpc) is 2.91. The summed E-state index contributed by atoms with van der Waals surface area (Å²) < 4.78 is 10.1. The molecular formula is C14H19NO4. The zero-order valence-electron chi connectivity index (χ0n) is 11.2. The van der Waals surface area contributed by atoms with Gasteiger partial charge in [-0.3, -0.25) is 4.79 Å². The highest BCUT2D eigenvalue weighted by Crippen LogP contribution is 2.37. The Balaban J connectivity index is 2.20. The molecule has 2 rings (SSSR count). The quantitative estimate of drug-likeness (QED) is 0.874. The molecule has 1 aliphatic carbocycles. The lowest BCUT2D eigenvalue weighted by atomic mass is 10.1. The Morgan fingerprint density at radius 3 is 2.21 bits per heavy atom. The minimum Gasteiger partial charge on any atom is -0.502 e. The summed E-state index contributed by atoms with van der Waals surface area (Å²) >= 11 is 0. The molecule has 104 valence electrons. The molecule has 1 aromatic carbocycles. The maximum atomic E-state index is 12.1. The van der Waals surface area contributed by atoms with Crippen molar-refractivity contribution in [1.82, 2.24) is 5.32 Å². The van der Waals surface area contributed by atoms with Crippen LogP contribution in [0.15, 0.2) is 12.1 Å². The fourth-order valence-corrected chi connectivity index (χ4v) is 2.36. The van der Waals surface area contributed by atoms with Gasteiger partial charge in [0.1, 0.15) is 0 Å². The standard InChI is InChI=1S/C14H19NO4/c1-18-11-7-9(8-12(19-2)13(11)16)14(17)15-10-5-3-4-6-10/h7-8,10,16H,3-6H2,1-2H3,(H,15,17). The van der Waals surface area contributed by atoms with Gasteiger partial charge in [0.25, 0.3) is 5.91 Å². The summed E-state index contributed by atoms with van der Waals surface area (Å²) in [7, 11) is 2.88. The van der Waals surface area contributed by atoms with Gasteiger partial charge in [0, 0.05) is 11.6 Å². The molecule has 5 nitrogen and oxygen atoms in total. The van der Waals surface area contributed by atoms with Crippen molar-refractivity contribution in [2.24, 2.45) is 0 Å². The fourth-order valence-electron chi connectivity index (χ4n) is 2.36. The summed E-state index contributed by atoms with van der Waals surface area (Å²) in [6.07, 6.45) is 4.37. The Kier molecular flexibility index (Phi) is 4.14. The maximum Gasteiger partial charge on any atom is 0.251 e. The molecule has 1 saturated carbocycles. The van der Waals surface area contributed by atoms with Crippen LogP contribution in [0.5, 0.6) is 17.2 Å². The van der Waals surface area contributed by atoms with E-state index >= 15 is 0 Å². The SMILES string of the molecule is COc1cc(C(=O)NC2CCCC2)cc(OC)c1O. The molecule has 0 radical (unpaired) electrons. The first-order chi connectivity index (χ1) is 9.15. The van der Waals surface area contributed by atoms with Crippen LogP contribution >= 0.6 is 0 Å². The number of rotatable bonds is 4. The van der Waals surface area contributed by atoms with Crippen molar-refractivity contribution < 1.29 is 19.4 Å². The van der Waals surface area contributed by atoms with Gasteiger partial charge in [-0.15, -0.1) is 0 Å². The van der Waals surface area contributed by atoms with Crippen molar-refractivity contribution in [1.29, 1.82) is 0 Å². The molecule has 0 heterocycles. The van der Waals surface area contributed by atoms with Gasteiger partial charge < -0.3 is 19.9 Å². The minimum absolute atomic E-state index is 0.0950. The highest BCUT2D eigenvalue weighted by atomic mass is 16.5. The lowest BCUT2D eigenvalue weighted by Gasteiger charge is -2.14. The normalized spacial score (nSPS) is 15.3. The van der Waals surface area contributed by atoms with Crippen LogP contribution in [0.2, 0.25) is 0 Å². The number of ether oxygens (including phenoxy) is 2. The number of hydrogen-bond donors (Lipinski definition) is 2. The van der Waals surface area contributed by atoms with Crippen LogP contribution in [0, 0.1) is 0 Å². The van der Waals surface area contributed by atoms with Crippen LogP contribution in [0.4, 0.5) is 0 Å². The van der Waals surface area contributed by atoms with Crippen molar-refractivity contribution in [2.75, 3.05) is 14.2 Å². The summed E-state index contributed by atoms with van der Waals surface area (Å²) in [4.78, 5) is 12.1. The molecule has 2 N–H and O–H groups in total. The molecule has 5 heteroatoms. The van der Waals surface area contributed by atoms with Gasteiger partial charge in [-0.05, 0) is 25.0 Å². The third-order valence-electron chi connectivity index (χ3n) is 3.43. The van der Waals surface area contributed by atoms with E-state index in [9.17, 15) is 9.90 Å². The van der Waals surface area contributed by atoms with Gasteiger partial charge in [0.05, 0.1) is 14.2 Å². The molecule has 0 saturated heterocycles. The molecule has 1 aliphatic rings. The van der Waals surface area contributed by atoms with Crippen LogP contribution in [-0.2, 0) is 0 Å². The summed E-state index contributed by atoms with van der Waals surface area (Å²) in [5.74, 6) is 0.206. The molecular weight excluding hydrogens is 246 g/mol. The predicted molar refractivity (Wildman–Crippen MR) is 70.9 cm³/mol. The average molecular weight is 265 g/mol. The summed E-state index contributed by atoms with van der Waals surface area (Å²) in [5.41, 5.74) is 0.429. The molecule has 0 aromatic heterocycles. The van der Waals surface area contributed by atoms with Crippen molar-refractivity contribution in [3.63, 3.8) is 0 Å². The largest absolute Gasteiger partial charge is 0.502 e. The molecule has 0 atom stereocenters. The minimum atomic E-state index is -0.163. The fraction of sp³-hybridized carbons (Fsp3) is 0.500. The number of hydrogen-bond acceptors (Lipinski definition) is 4. The molecule has 0 aliphatic heterocycles. The van der Waals surface area contributed by atoms with Crippen LogP contribution in [0.25, 0.3) is 0 Å². The van der Waals surface area contributed by atoms with E-state index in [0.717, 1.165) is 25.7 Å². The first-order valence-corrected chi connectivity index (χ1v) is 6.41. The lowest BCUT2D eigenvalue weighted by molar-refractivity contribution is 0.0937. The number of carbonyl (C=O) groups is 1. The molecule has 1 fully saturated rings. The van der Waals surface area contributed by atoms with Gasteiger partial charge >= 0.3 is 0 Å². The van der Waals surface area contributed by atoms with Crippen LogP contribution < -0.4 is 14.8 Å². The van der Waals surface area contributed by atoms with E-state index < -0.39 is 0 Å². The molecule has 19 heavy (non-hydrogen) atoms. The van der Waals surface area contributed by atoms with Crippen molar-refractivity contribution in [3.05, 3.63) is 17.7 Å². The van der Waals surface area contributed by atoms with Gasteiger partial charge in [-0.25, -0.2) is 0 Å². The Morgan fingerprint density at radius 1 is 1.21 bits per heavy atom. The zero-order chi connectivity index (χ0) is 13.8. The Hall–Kier alpha value is -1.91. The number of benzene rings is 1. The molecule has 0 unspecified atom stereocenters. The number of aromatic hydroxyl groups is 1. The highest BCUT2D eigenvalue weighted by Gasteiger charge is 2.20. The summed E-state index contributed by atoms with van der Waals surface area (Å²) in [5, 5.41) is 12.8. The van der Waals surface area contributed by atoms with Crippen molar-refractivity contribution >= 4 is 5.91 Å². The Bertz CT molecular complexity index is 442. The van der Waals surface area contributed by atoms with E-state index in [-0.39, 0.29) is 29.2 Å². The molecule has 1 aromatic rings. The smallest absolute Gasteiger partial charge is 0.251 e. The Morgan fingerprint density at radius 2 is 1.74 bits per heavy atom. The van der Waals surface area contributed by atoms with Crippen LogP contribution in [-0.4, -0.2) is 31.3 Å². The summed E-state index contributed by atoms with van der Waals surface area (Å²) in [6, 6.07) is 3.28. The number of phenolic OH excluding ortho intramolecular Hbond substituents is 1. The van der Waals surface area contributed by atoms with E-state index in [1.807, 2.05) is 0 Å². The second kappa shape index (κ2) is 5.82. The van der Waals surface area contributed by atoms with Gasteiger partial charge in [-0.2, -0.15) is 0 Å². The number of amides is 1. The van der Waals surface area contributed by atoms with E-state index in [1.54, 1.807) is 0 Å². The van der Waals surface area contributed by atoms with E-state index in [0.29, 0.717) is 5.56 Å². The first kappa shape index (κ1) is 13.5. The van der Waals surface area contributed by atoms with Gasteiger partial charge in [-0.1, -0.05) is 12.8 Å². The first-order valence-electron chi connectivity index (χ1n) is 6.41. The second-order valence-corrected chi connectivity index (χ2v) is 4.68. The van der Waals surface area contributed by atoms with Crippen LogP contribution in [0.3, 0.4) is 0 Å². The highest BCUT2D eigenvalue weighted by molar-refractivity contribution is 5.95. The molecule has 0 bridgehead atoms. The maximum absolute atomic E-state index is 12.1. The topological polar surface area (TPSA) is 67.8 Å². The van der Waals surface area contributed by atoms with Gasteiger partial charge in [0.15, 0.2) is 11.5 Å². The van der Waals surface area contributed by atoms with E-state index in [1.165, 1.54) is 26.4 Å². The predicted octanol–water partition coefficient (Wildman–Crippen LogP) is 2.08. The second-order valence-electron chi connectivity index (χ2n) is 4.68. The van der Waals surface area contributed by atoms with Gasteiger partial charge in [0.2, 0.25) is 5.75 Å². The van der Waals surface area contributed by atoms with E-state index in [2.05, 4.69) is 5.32 Å². The van der Waals surface area contributed by atoms with Crippen LogP contribution in [0.1, 0.15) is 36.0 Å². The third kappa shape index (κ3) is 2.92. The number of phenols is 1. The zero-order valence-corrected chi connectivity index (χ0v) is 11.2. The lowest BCUT2D eigenvalue weighted by Crippen LogP contribution is -2.32. The van der Waals surface area contributed by atoms with Crippen molar-refractivity contribution in [3.8, 4) is 17.2 Å². The monoisotopic (exact) mass is 265 g/mol.